The molecule has 8 nitrogen and oxygen atoms in total. The van der Waals surface area contributed by atoms with Crippen molar-refractivity contribution < 1.29 is 32.2 Å². The van der Waals surface area contributed by atoms with Crippen molar-refractivity contribution in [3.8, 4) is 17.2 Å². The fraction of sp³-hybridized carbons (Fsp3) is 0.300. The van der Waals surface area contributed by atoms with Gasteiger partial charge in [-0.1, -0.05) is 0 Å². The number of amides is 1. The van der Waals surface area contributed by atoms with Crippen molar-refractivity contribution in [1.29, 1.82) is 0 Å². The molecule has 10 heteroatoms. The maximum atomic E-state index is 12.6. The molecule has 1 N–H and O–H groups in total. The number of carbonyl (C=O) groups is 2. The lowest BCUT2D eigenvalue weighted by Gasteiger charge is -2.20. The SMILES string of the molecule is COc1ccc(C(C)=O)cc1CS(=O)(=O)CC(=O)Nc1cc2c(cc1Br)OCCO2. The van der Waals surface area contributed by atoms with Crippen molar-refractivity contribution in [2.45, 2.75) is 12.7 Å². The Bertz CT molecular complexity index is 1100. The number of anilines is 1. The molecule has 1 amide bonds. The zero-order chi connectivity index (χ0) is 21.9. The molecule has 0 saturated carbocycles. The summed E-state index contributed by atoms with van der Waals surface area (Å²) in [6.45, 7) is 2.20. The molecule has 0 saturated heterocycles. The summed E-state index contributed by atoms with van der Waals surface area (Å²) in [6, 6.07) is 7.78. The number of rotatable bonds is 7. The standard InChI is InChI=1S/C20H20BrNO7S/c1-12(23)13-3-4-17(27-2)14(7-13)10-30(25,26)11-20(24)22-16-9-19-18(8-15(16)21)28-5-6-29-19/h3-4,7-9H,5-6,10-11H2,1-2H3,(H,22,24). The van der Waals surface area contributed by atoms with E-state index >= 15 is 0 Å². The zero-order valence-electron chi connectivity index (χ0n) is 16.4. The van der Waals surface area contributed by atoms with Gasteiger partial charge in [-0.2, -0.15) is 0 Å². The number of sulfone groups is 1. The number of fused-ring (bicyclic) bond motifs is 1. The quantitative estimate of drug-likeness (QED) is 0.585. The molecule has 2 aromatic carbocycles. The first kappa shape index (κ1) is 22.1. The monoisotopic (exact) mass is 497 g/mol. The Morgan fingerprint density at radius 2 is 1.80 bits per heavy atom. The number of hydrogen-bond acceptors (Lipinski definition) is 7. The Balaban J connectivity index is 1.74. The van der Waals surface area contributed by atoms with Gasteiger partial charge in [0, 0.05) is 27.7 Å². The number of Topliss-reactive ketones (excluding diaryl/α,β-unsaturated/α-hetero) is 1. The molecule has 0 fully saturated rings. The van der Waals surface area contributed by atoms with Crippen LogP contribution in [-0.2, 0) is 20.4 Å². The van der Waals surface area contributed by atoms with Gasteiger partial charge in [0.2, 0.25) is 5.91 Å². The molecule has 0 bridgehead atoms. The first-order chi connectivity index (χ1) is 14.2. The van der Waals surface area contributed by atoms with E-state index in [2.05, 4.69) is 21.2 Å². The van der Waals surface area contributed by atoms with Crippen molar-refractivity contribution in [1.82, 2.24) is 0 Å². The Morgan fingerprint density at radius 3 is 2.43 bits per heavy atom. The van der Waals surface area contributed by atoms with Crippen LogP contribution in [0.2, 0.25) is 0 Å². The average molecular weight is 498 g/mol. The smallest absolute Gasteiger partial charge is 0.239 e. The highest BCUT2D eigenvalue weighted by molar-refractivity contribution is 9.10. The highest BCUT2D eigenvalue weighted by Crippen LogP contribution is 2.38. The fourth-order valence-corrected chi connectivity index (χ4v) is 4.64. The molecule has 2 aromatic rings. The number of ketones is 1. The Morgan fingerprint density at radius 1 is 1.13 bits per heavy atom. The van der Waals surface area contributed by atoms with Crippen LogP contribution in [0.15, 0.2) is 34.8 Å². The predicted octanol–water partition coefficient (Wildman–Crippen LogP) is 2.99. The maximum absolute atomic E-state index is 12.6. The van der Waals surface area contributed by atoms with Crippen molar-refractivity contribution in [2.24, 2.45) is 0 Å². The molecule has 0 unspecified atom stereocenters. The summed E-state index contributed by atoms with van der Waals surface area (Å²) in [5.74, 6) is -0.733. The average Bonchev–Trinajstić information content (AvgIpc) is 2.67. The molecule has 1 aliphatic rings. The van der Waals surface area contributed by atoms with Gasteiger partial charge in [0.15, 0.2) is 27.1 Å². The third-order valence-electron chi connectivity index (χ3n) is 4.32. The molecule has 30 heavy (non-hydrogen) atoms. The Kier molecular flexibility index (Phi) is 6.67. The van der Waals surface area contributed by atoms with E-state index in [1.54, 1.807) is 18.2 Å². The molecular formula is C20H20BrNO7S. The topological polar surface area (TPSA) is 108 Å². The van der Waals surface area contributed by atoms with Gasteiger partial charge in [-0.05, 0) is 41.1 Å². The van der Waals surface area contributed by atoms with Crippen LogP contribution in [0.5, 0.6) is 17.2 Å². The maximum Gasteiger partial charge on any atom is 0.239 e. The summed E-state index contributed by atoms with van der Waals surface area (Å²) in [5.41, 5.74) is 1.06. The van der Waals surface area contributed by atoms with Crippen molar-refractivity contribution in [3.63, 3.8) is 0 Å². The van der Waals surface area contributed by atoms with E-state index in [0.717, 1.165) is 0 Å². The predicted molar refractivity (Wildman–Crippen MR) is 114 cm³/mol. The lowest BCUT2D eigenvalue weighted by molar-refractivity contribution is -0.113. The third kappa shape index (κ3) is 5.31. The summed E-state index contributed by atoms with van der Waals surface area (Å²) in [4.78, 5) is 24.0. The van der Waals surface area contributed by atoms with Gasteiger partial charge >= 0.3 is 0 Å². The van der Waals surface area contributed by atoms with Crippen molar-refractivity contribution in [3.05, 3.63) is 45.9 Å². The van der Waals surface area contributed by atoms with Crippen LogP contribution in [0.3, 0.4) is 0 Å². The minimum absolute atomic E-state index is 0.197. The van der Waals surface area contributed by atoms with Crippen LogP contribution in [0.4, 0.5) is 5.69 Å². The van der Waals surface area contributed by atoms with Crippen LogP contribution in [0, 0.1) is 0 Å². The van der Waals surface area contributed by atoms with Crippen molar-refractivity contribution in [2.75, 3.05) is 31.4 Å². The second-order valence-corrected chi connectivity index (χ2v) is 9.56. The highest BCUT2D eigenvalue weighted by Gasteiger charge is 2.22. The second-order valence-electron chi connectivity index (χ2n) is 6.64. The molecule has 0 aliphatic carbocycles. The number of hydrogen-bond donors (Lipinski definition) is 1. The van der Waals surface area contributed by atoms with E-state index in [-0.39, 0.29) is 5.78 Å². The summed E-state index contributed by atoms with van der Waals surface area (Å²) < 4.78 is 41.9. The lowest BCUT2D eigenvalue weighted by atomic mass is 10.1. The number of methoxy groups -OCH3 is 1. The lowest BCUT2D eigenvalue weighted by Crippen LogP contribution is -2.24. The van der Waals surface area contributed by atoms with Gasteiger partial charge < -0.3 is 19.5 Å². The van der Waals surface area contributed by atoms with E-state index in [0.29, 0.717) is 51.7 Å². The van der Waals surface area contributed by atoms with Crippen LogP contribution < -0.4 is 19.5 Å². The number of carbonyl (C=O) groups excluding carboxylic acids is 2. The summed E-state index contributed by atoms with van der Waals surface area (Å²) in [5, 5.41) is 2.57. The summed E-state index contributed by atoms with van der Waals surface area (Å²) in [7, 11) is -2.43. The molecule has 160 valence electrons. The van der Waals surface area contributed by atoms with Gasteiger partial charge in [0.1, 0.15) is 24.7 Å². The van der Waals surface area contributed by atoms with Gasteiger partial charge in [0.05, 0.1) is 18.6 Å². The number of halogens is 1. The van der Waals surface area contributed by atoms with E-state index < -0.39 is 27.3 Å². The molecule has 0 aromatic heterocycles. The van der Waals surface area contributed by atoms with Crippen LogP contribution in [0.25, 0.3) is 0 Å². The molecule has 0 atom stereocenters. The van der Waals surface area contributed by atoms with Crippen LogP contribution >= 0.6 is 15.9 Å². The normalized spacial score (nSPS) is 12.9. The van der Waals surface area contributed by atoms with Gasteiger partial charge in [0.25, 0.3) is 0 Å². The van der Waals surface area contributed by atoms with Gasteiger partial charge in [-0.25, -0.2) is 8.42 Å². The largest absolute Gasteiger partial charge is 0.496 e. The Labute approximate surface area is 182 Å². The minimum atomic E-state index is -3.83. The van der Waals surface area contributed by atoms with Crippen LogP contribution in [-0.4, -0.2) is 46.2 Å². The van der Waals surface area contributed by atoms with E-state index in [1.165, 1.54) is 26.2 Å². The number of ether oxygens (including phenoxy) is 3. The molecular weight excluding hydrogens is 478 g/mol. The second kappa shape index (κ2) is 9.05. The number of benzene rings is 2. The Hall–Kier alpha value is -2.59. The van der Waals surface area contributed by atoms with E-state index in [9.17, 15) is 18.0 Å². The van der Waals surface area contributed by atoms with E-state index in [1.807, 2.05) is 0 Å². The highest BCUT2D eigenvalue weighted by atomic mass is 79.9. The van der Waals surface area contributed by atoms with Gasteiger partial charge in [-0.15, -0.1) is 0 Å². The molecule has 3 rings (SSSR count). The van der Waals surface area contributed by atoms with E-state index in [4.69, 9.17) is 14.2 Å². The first-order valence-corrected chi connectivity index (χ1v) is 11.6. The zero-order valence-corrected chi connectivity index (χ0v) is 18.8. The van der Waals surface area contributed by atoms with Crippen LogP contribution in [0.1, 0.15) is 22.8 Å². The number of nitrogens with one attached hydrogen (secondary N) is 1. The minimum Gasteiger partial charge on any atom is -0.496 e. The summed E-state index contributed by atoms with van der Waals surface area (Å²) in [6.07, 6.45) is 0. The van der Waals surface area contributed by atoms with Crippen molar-refractivity contribution >= 4 is 43.1 Å². The fourth-order valence-electron chi connectivity index (χ4n) is 2.94. The van der Waals surface area contributed by atoms with Gasteiger partial charge in [-0.3, -0.25) is 9.59 Å². The molecule has 0 radical (unpaired) electrons. The molecule has 1 heterocycles. The third-order valence-corrected chi connectivity index (χ3v) is 6.43. The molecule has 1 aliphatic heterocycles. The molecule has 0 spiro atoms. The summed E-state index contributed by atoms with van der Waals surface area (Å²) >= 11 is 3.33. The first-order valence-electron chi connectivity index (χ1n) is 8.96.